The number of rotatable bonds is 7. The van der Waals surface area contributed by atoms with Gasteiger partial charge in [0.2, 0.25) is 0 Å². The van der Waals surface area contributed by atoms with Crippen LogP contribution >= 0.6 is 11.6 Å². The molecule has 0 radical (unpaired) electrons. The molecule has 4 nitrogen and oxygen atoms in total. The highest BCUT2D eigenvalue weighted by Crippen LogP contribution is 2.30. The number of hydrogen-bond acceptors (Lipinski definition) is 3. The van der Waals surface area contributed by atoms with E-state index in [1.54, 1.807) is 25.1 Å². The quantitative estimate of drug-likeness (QED) is 0.806. The highest BCUT2D eigenvalue weighted by Gasteiger charge is 2.14. The van der Waals surface area contributed by atoms with E-state index < -0.39 is 6.61 Å². The number of carbonyl (C=O) groups excluding carboxylic acids is 1. The van der Waals surface area contributed by atoms with Gasteiger partial charge in [-0.3, -0.25) is 4.79 Å². The third-order valence-corrected chi connectivity index (χ3v) is 3.49. The first kappa shape index (κ1) is 18.0. The number of ether oxygens (including phenoxy) is 2. The van der Waals surface area contributed by atoms with Crippen molar-refractivity contribution in [3.63, 3.8) is 0 Å². The zero-order valence-electron chi connectivity index (χ0n) is 12.9. The summed E-state index contributed by atoms with van der Waals surface area (Å²) in [7, 11) is 0. The van der Waals surface area contributed by atoms with Crippen molar-refractivity contribution in [1.82, 2.24) is 5.32 Å². The Balaban J connectivity index is 2.11. The zero-order valence-corrected chi connectivity index (χ0v) is 13.6. The Morgan fingerprint density at radius 2 is 1.96 bits per heavy atom. The van der Waals surface area contributed by atoms with Gasteiger partial charge in [-0.25, -0.2) is 0 Å². The number of hydrogen-bond donors (Lipinski definition) is 1. The van der Waals surface area contributed by atoms with Crippen LogP contribution in [-0.4, -0.2) is 19.1 Å². The lowest BCUT2D eigenvalue weighted by Gasteiger charge is -2.13. The van der Waals surface area contributed by atoms with E-state index in [9.17, 15) is 13.6 Å². The van der Waals surface area contributed by atoms with Gasteiger partial charge in [0.25, 0.3) is 5.91 Å². The number of carbonyl (C=O) groups is 1. The second kappa shape index (κ2) is 8.49. The van der Waals surface area contributed by atoms with Crippen LogP contribution < -0.4 is 14.8 Å². The molecule has 0 saturated heterocycles. The van der Waals surface area contributed by atoms with Gasteiger partial charge in [0.1, 0.15) is 0 Å². The van der Waals surface area contributed by atoms with Crippen LogP contribution in [0.4, 0.5) is 8.78 Å². The monoisotopic (exact) mass is 355 g/mol. The molecular weight excluding hydrogens is 340 g/mol. The Morgan fingerprint density at radius 3 is 2.62 bits per heavy atom. The van der Waals surface area contributed by atoms with E-state index in [4.69, 9.17) is 16.3 Å². The second-order valence-electron chi connectivity index (χ2n) is 4.75. The molecule has 0 fully saturated rings. The molecule has 2 aromatic carbocycles. The van der Waals surface area contributed by atoms with E-state index in [0.717, 1.165) is 5.56 Å². The lowest BCUT2D eigenvalue weighted by molar-refractivity contribution is -0.0514. The fourth-order valence-electron chi connectivity index (χ4n) is 2.03. The summed E-state index contributed by atoms with van der Waals surface area (Å²) in [6.45, 7) is -0.762. The maximum atomic E-state index is 12.4. The Labute approximate surface area is 143 Å². The number of benzene rings is 2. The van der Waals surface area contributed by atoms with Crippen LogP contribution in [0.25, 0.3) is 0 Å². The summed E-state index contributed by atoms with van der Waals surface area (Å²) in [5.41, 5.74) is 1.04. The minimum absolute atomic E-state index is 0.0863. The summed E-state index contributed by atoms with van der Waals surface area (Å²) in [4.78, 5) is 12.2. The molecule has 24 heavy (non-hydrogen) atoms. The van der Waals surface area contributed by atoms with E-state index in [-0.39, 0.29) is 36.1 Å². The Morgan fingerprint density at radius 1 is 1.21 bits per heavy atom. The summed E-state index contributed by atoms with van der Waals surface area (Å²) >= 11 is 6.03. The van der Waals surface area contributed by atoms with Gasteiger partial charge in [0.05, 0.1) is 6.61 Å². The van der Waals surface area contributed by atoms with E-state index >= 15 is 0 Å². The Hall–Kier alpha value is -2.34. The molecule has 7 heteroatoms. The first-order valence-corrected chi connectivity index (χ1v) is 7.62. The first-order valence-electron chi connectivity index (χ1n) is 7.24. The van der Waals surface area contributed by atoms with Gasteiger partial charge in [-0.2, -0.15) is 8.78 Å². The molecule has 0 bridgehead atoms. The normalized spacial score (nSPS) is 10.5. The van der Waals surface area contributed by atoms with E-state index in [1.807, 2.05) is 6.07 Å². The summed E-state index contributed by atoms with van der Waals surface area (Å²) < 4.78 is 34.4. The highest BCUT2D eigenvalue weighted by atomic mass is 35.5. The highest BCUT2D eigenvalue weighted by molar-refractivity contribution is 6.31. The van der Waals surface area contributed by atoms with Crippen LogP contribution in [-0.2, 0) is 6.54 Å². The third kappa shape index (κ3) is 4.83. The van der Waals surface area contributed by atoms with Crippen molar-refractivity contribution in [2.24, 2.45) is 0 Å². The molecule has 1 N–H and O–H groups in total. The van der Waals surface area contributed by atoms with Crippen LogP contribution in [0.2, 0.25) is 5.02 Å². The summed E-state index contributed by atoms with van der Waals surface area (Å²) in [6, 6.07) is 11.2. The molecular formula is C17H16ClF2NO3. The molecule has 2 aromatic rings. The molecule has 0 spiro atoms. The van der Waals surface area contributed by atoms with Crippen molar-refractivity contribution in [3.05, 3.63) is 58.6 Å². The van der Waals surface area contributed by atoms with Crippen molar-refractivity contribution in [2.45, 2.75) is 20.1 Å². The lowest BCUT2D eigenvalue weighted by Crippen LogP contribution is -2.23. The number of nitrogens with one attached hydrogen (secondary N) is 1. The maximum absolute atomic E-state index is 12.4. The topological polar surface area (TPSA) is 47.6 Å². The summed E-state index contributed by atoms with van der Waals surface area (Å²) in [6.07, 6.45) is 0. The van der Waals surface area contributed by atoms with Gasteiger partial charge in [0.15, 0.2) is 11.5 Å². The molecule has 1 amide bonds. The minimum atomic E-state index is -2.97. The number of amides is 1. The van der Waals surface area contributed by atoms with Crippen LogP contribution in [0.15, 0.2) is 42.5 Å². The average molecular weight is 356 g/mol. The van der Waals surface area contributed by atoms with Crippen LogP contribution in [0, 0.1) is 0 Å². The average Bonchev–Trinajstić information content (AvgIpc) is 2.55. The van der Waals surface area contributed by atoms with E-state index in [1.165, 1.54) is 18.2 Å². The van der Waals surface area contributed by atoms with Crippen molar-refractivity contribution < 1.29 is 23.0 Å². The maximum Gasteiger partial charge on any atom is 0.387 e. The van der Waals surface area contributed by atoms with Gasteiger partial charge in [-0.05, 0) is 36.8 Å². The van der Waals surface area contributed by atoms with Gasteiger partial charge in [-0.15, -0.1) is 0 Å². The fourth-order valence-corrected chi connectivity index (χ4v) is 2.23. The smallest absolute Gasteiger partial charge is 0.387 e. The first-order chi connectivity index (χ1) is 11.5. The molecule has 0 aliphatic carbocycles. The molecule has 2 rings (SSSR count). The van der Waals surface area contributed by atoms with E-state index in [0.29, 0.717) is 5.02 Å². The minimum Gasteiger partial charge on any atom is -0.490 e. The molecule has 0 aliphatic rings. The van der Waals surface area contributed by atoms with Crippen molar-refractivity contribution in [2.75, 3.05) is 6.61 Å². The summed E-state index contributed by atoms with van der Waals surface area (Å²) in [5, 5.41) is 3.27. The summed E-state index contributed by atoms with van der Waals surface area (Å²) in [5.74, 6) is -0.405. The molecule has 0 heterocycles. The van der Waals surface area contributed by atoms with E-state index in [2.05, 4.69) is 10.1 Å². The molecule has 128 valence electrons. The molecule has 0 atom stereocenters. The largest absolute Gasteiger partial charge is 0.490 e. The Kier molecular flexibility index (Phi) is 6.37. The van der Waals surface area contributed by atoms with Gasteiger partial charge >= 0.3 is 6.61 Å². The molecule has 0 unspecified atom stereocenters. The van der Waals surface area contributed by atoms with Crippen LogP contribution in [0.3, 0.4) is 0 Å². The zero-order chi connectivity index (χ0) is 17.5. The van der Waals surface area contributed by atoms with Crippen molar-refractivity contribution in [3.8, 4) is 11.5 Å². The molecule has 0 aromatic heterocycles. The van der Waals surface area contributed by atoms with Crippen LogP contribution in [0.5, 0.6) is 11.5 Å². The third-order valence-electron chi connectivity index (χ3n) is 3.12. The predicted molar refractivity (Wildman–Crippen MR) is 86.9 cm³/mol. The van der Waals surface area contributed by atoms with Crippen LogP contribution in [0.1, 0.15) is 22.8 Å². The van der Waals surface area contributed by atoms with Crippen molar-refractivity contribution >= 4 is 17.5 Å². The molecule has 0 aliphatic heterocycles. The lowest BCUT2D eigenvalue weighted by atomic mass is 10.1. The van der Waals surface area contributed by atoms with Gasteiger partial charge < -0.3 is 14.8 Å². The Bertz CT molecular complexity index is 710. The molecule has 0 saturated carbocycles. The number of halogens is 3. The standard InChI is InChI=1S/C17H16ClF2NO3/c1-2-23-15-9-11(7-8-14(15)24-17(19)20)16(22)21-10-12-5-3-4-6-13(12)18/h3-9,17H,2,10H2,1H3,(H,21,22). The van der Waals surface area contributed by atoms with Gasteiger partial charge in [-0.1, -0.05) is 29.8 Å². The van der Waals surface area contributed by atoms with Gasteiger partial charge in [0, 0.05) is 17.1 Å². The predicted octanol–water partition coefficient (Wildman–Crippen LogP) is 4.27. The number of alkyl halides is 2. The SMILES string of the molecule is CCOc1cc(C(=O)NCc2ccccc2Cl)ccc1OC(F)F. The van der Waals surface area contributed by atoms with Crippen molar-refractivity contribution in [1.29, 1.82) is 0 Å². The fraction of sp³-hybridized carbons (Fsp3) is 0.235. The second-order valence-corrected chi connectivity index (χ2v) is 5.15.